The van der Waals surface area contributed by atoms with E-state index in [4.69, 9.17) is 4.74 Å². The topological polar surface area (TPSA) is 56.1 Å². The molecule has 0 fully saturated rings. The van der Waals surface area contributed by atoms with E-state index < -0.39 is 0 Å². The van der Waals surface area contributed by atoms with Crippen LogP contribution in [0.3, 0.4) is 0 Å². The summed E-state index contributed by atoms with van der Waals surface area (Å²) in [6, 6.07) is 35.4. The Morgan fingerprint density at radius 1 is 0.730 bits per heavy atom. The normalized spacial score (nSPS) is 12.0. The van der Waals surface area contributed by atoms with E-state index in [0.717, 1.165) is 47.0 Å². The Labute approximate surface area is 218 Å². The molecule has 0 bridgehead atoms. The molecule has 0 aliphatic rings. The van der Waals surface area contributed by atoms with E-state index in [0.29, 0.717) is 0 Å². The third-order valence-electron chi connectivity index (χ3n) is 6.64. The molecule has 0 spiro atoms. The summed E-state index contributed by atoms with van der Waals surface area (Å²) in [4.78, 5) is 2.43. The highest BCUT2D eigenvalue weighted by molar-refractivity contribution is 5.47. The zero-order valence-electron chi connectivity index (χ0n) is 21.5. The van der Waals surface area contributed by atoms with E-state index in [1.807, 2.05) is 28.9 Å². The number of aromatic nitrogens is 4. The zero-order valence-corrected chi connectivity index (χ0v) is 21.5. The SMILES string of the molecule is COc1ccc([C@@H](c2nnnn2-c2c(C)cccc2C)N(Cc2ccccc2)Cc2ccccc2)cc1. The van der Waals surface area contributed by atoms with Gasteiger partial charge in [-0.2, -0.15) is 4.68 Å². The van der Waals surface area contributed by atoms with E-state index in [9.17, 15) is 0 Å². The van der Waals surface area contributed by atoms with Gasteiger partial charge in [0, 0.05) is 13.1 Å². The molecule has 0 unspecified atom stereocenters. The molecule has 0 radical (unpaired) electrons. The lowest BCUT2D eigenvalue weighted by Gasteiger charge is -2.32. The van der Waals surface area contributed by atoms with Crippen LogP contribution in [0.15, 0.2) is 103 Å². The minimum Gasteiger partial charge on any atom is -0.497 e. The van der Waals surface area contributed by atoms with Crippen molar-refractivity contribution in [3.63, 3.8) is 0 Å². The van der Waals surface area contributed by atoms with E-state index >= 15 is 0 Å². The maximum absolute atomic E-state index is 5.46. The maximum atomic E-state index is 5.46. The first-order chi connectivity index (χ1) is 18.1. The molecule has 6 nitrogen and oxygen atoms in total. The van der Waals surface area contributed by atoms with Crippen LogP contribution in [-0.4, -0.2) is 32.2 Å². The molecule has 6 heteroatoms. The molecule has 1 heterocycles. The highest BCUT2D eigenvalue weighted by atomic mass is 16.5. The van der Waals surface area contributed by atoms with Crippen molar-refractivity contribution in [1.82, 2.24) is 25.1 Å². The van der Waals surface area contributed by atoms with Crippen LogP contribution < -0.4 is 4.74 Å². The molecule has 0 saturated carbocycles. The molecular weight excluding hydrogens is 458 g/mol. The van der Waals surface area contributed by atoms with Crippen LogP contribution in [0.5, 0.6) is 5.75 Å². The van der Waals surface area contributed by atoms with Gasteiger partial charge in [0.2, 0.25) is 0 Å². The molecule has 5 aromatic rings. The Morgan fingerprint density at radius 3 is 1.84 bits per heavy atom. The van der Waals surface area contributed by atoms with Crippen molar-refractivity contribution in [3.05, 3.63) is 137 Å². The summed E-state index contributed by atoms with van der Waals surface area (Å²) < 4.78 is 7.36. The number of benzene rings is 4. The molecule has 37 heavy (non-hydrogen) atoms. The largest absolute Gasteiger partial charge is 0.497 e. The summed E-state index contributed by atoms with van der Waals surface area (Å²) in [7, 11) is 1.69. The van der Waals surface area contributed by atoms with Crippen LogP contribution in [0.2, 0.25) is 0 Å². The minimum absolute atomic E-state index is 0.208. The Bertz CT molecular complexity index is 1370. The number of tetrazole rings is 1. The zero-order chi connectivity index (χ0) is 25.6. The lowest BCUT2D eigenvalue weighted by molar-refractivity contribution is 0.197. The molecular formula is C31H31N5O. The van der Waals surface area contributed by atoms with Gasteiger partial charge in [0.15, 0.2) is 5.82 Å². The van der Waals surface area contributed by atoms with Crippen LogP contribution in [0.25, 0.3) is 5.69 Å². The third-order valence-corrected chi connectivity index (χ3v) is 6.64. The second-order valence-electron chi connectivity index (χ2n) is 9.24. The van der Waals surface area contributed by atoms with Crippen molar-refractivity contribution in [2.24, 2.45) is 0 Å². The first-order valence-corrected chi connectivity index (χ1v) is 12.4. The molecule has 0 aliphatic carbocycles. The Balaban J connectivity index is 1.67. The average Bonchev–Trinajstić information content (AvgIpc) is 3.39. The fourth-order valence-electron chi connectivity index (χ4n) is 4.85. The average molecular weight is 490 g/mol. The lowest BCUT2D eigenvalue weighted by atomic mass is 10.0. The molecule has 186 valence electrons. The van der Waals surface area contributed by atoms with Gasteiger partial charge in [0.1, 0.15) is 5.75 Å². The molecule has 0 aliphatic heterocycles. The minimum atomic E-state index is -0.208. The third kappa shape index (κ3) is 5.44. The molecule has 4 aromatic carbocycles. The fourth-order valence-corrected chi connectivity index (χ4v) is 4.85. The van der Waals surface area contributed by atoms with Crippen LogP contribution in [0.4, 0.5) is 0 Å². The number of para-hydroxylation sites is 1. The predicted octanol–water partition coefficient (Wildman–Crippen LogP) is 6.08. The Morgan fingerprint density at radius 2 is 1.30 bits per heavy atom. The van der Waals surface area contributed by atoms with Gasteiger partial charge in [-0.15, -0.1) is 5.10 Å². The number of hydrogen-bond acceptors (Lipinski definition) is 5. The van der Waals surface area contributed by atoms with Gasteiger partial charge in [0.25, 0.3) is 0 Å². The van der Waals surface area contributed by atoms with Crippen LogP contribution >= 0.6 is 0 Å². The summed E-state index contributed by atoms with van der Waals surface area (Å²) in [5.41, 5.74) is 6.81. The van der Waals surface area contributed by atoms with Crippen molar-refractivity contribution in [1.29, 1.82) is 0 Å². The fraction of sp³-hybridized carbons (Fsp3) is 0.194. The lowest BCUT2D eigenvalue weighted by Crippen LogP contribution is -2.31. The number of ether oxygens (including phenoxy) is 1. The quantitative estimate of drug-likeness (QED) is 0.251. The van der Waals surface area contributed by atoms with Gasteiger partial charge in [0.05, 0.1) is 18.8 Å². The molecule has 0 N–H and O–H groups in total. The van der Waals surface area contributed by atoms with Gasteiger partial charge in [-0.3, -0.25) is 4.90 Å². The standard InChI is InChI=1S/C31H31N5O/c1-23-11-10-12-24(2)29(23)36-31(32-33-34-36)30(27-17-19-28(37-3)20-18-27)35(21-25-13-6-4-7-14-25)22-26-15-8-5-9-16-26/h4-20,30H,21-22H2,1-3H3/t30-/m0/s1. The van der Waals surface area contributed by atoms with Crippen LogP contribution in [0, 0.1) is 13.8 Å². The molecule has 0 amide bonds. The van der Waals surface area contributed by atoms with Gasteiger partial charge in [-0.1, -0.05) is 91.0 Å². The summed E-state index contributed by atoms with van der Waals surface area (Å²) in [5, 5.41) is 13.3. The van der Waals surface area contributed by atoms with E-state index in [1.165, 1.54) is 11.1 Å². The highest BCUT2D eigenvalue weighted by Gasteiger charge is 2.30. The van der Waals surface area contributed by atoms with Crippen molar-refractivity contribution < 1.29 is 4.74 Å². The van der Waals surface area contributed by atoms with Gasteiger partial charge in [-0.05, 0) is 64.2 Å². The van der Waals surface area contributed by atoms with Crippen molar-refractivity contribution in [3.8, 4) is 11.4 Å². The number of hydrogen-bond donors (Lipinski definition) is 0. The van der Waals surface area contributed by atoms with Crippen LogP contribution in [-0.2, 0) is 13.1 Å². The summed E-state index contributed by atoms with van der Waals surface area (Å²) >= 11 is 0. The van der Waals surface area contributed by atoms with Gasteiger partial charge >= 0.3 is 0 Å². The Kier molecular flexibility index (Phi) is 7.38. The van der Waals surface area contributed by atoms with Crippen molar-refractivity contribution in [2.45, 2.75) is 33.0 Å². The molecule has 1 aromatic heterocycles. The second kappa shape index (κ2) is 11.2. The van der Waals surface area contributed by atoms with Crippen molar-refractivity contribution >= 4 is 0 Å². The monoisotopic (exact) mass is 489 g/mol. The van der Waals surface area contributed by atoms with E-state index in [-0.39, 0.29) is 6.04 Å². The number of nitrogens with zero attached hydrogens (tertiary/aromatic N) is 5. The summed E-state index contributed by atoms with van der Waals surface area (Å²) in [5.74, 6) is 1.59. The van der Waals surface area contributed by atoms with Gasteiger partial charge in [-0.25, -0.2) is 0 Å². The molecule has 0 saturated heterocycles. The predicted molar refractivity (Wildman–Crippen MR) is 146 cm³/mol. The Hall–Kier alpha value is -4.29. The number of methoxy groups -OCH3 is 1. The number of rotatable bonds is 9. The molecule has 5 rings (SSSR count). The van der Waals surface area contributed by atoms with E-state index in [2.05, 4.69) is 113 Å². The first-order valence-electron chi connectivity index (χ1n) is 12.4. The summed E-state index contributed by atoms with van der Waals surface area (Å²) in [6.45, 7) is 5.65. The van der Waals surface area contributed by atoms with Gasteiger partial charge < -0.3 is 4.74 Å². The maximum Gasteiger partial charge on any atom is 0.178 e. The van der Waals surface area contributed by atoms with E-state index in [1.54, 1.807) is 7.11 Å². The van der Waals surface area contributed by atoms with Crippen molar-refractivity contribution in [2.75, 3.05) is 7.11 Å². The highest BCUT2D eigenvalue weighted by Crippen LogP contribution is 2.33. The summed E-state index contributed by atoms with van der Waals surface area (Å²) in [6.07, 6.45) is 0. The molecule has 1 atom stereocenters. The first kappa shape index (κ1) is 24.4. The second-order valence-corrected chi connectivity index (χ2v) is 9.24. The number of aryl methyl sites for hydroxylation is 2. The van der Waals surface area contributed by atoms with Crippen LogP contribution in [0.1, 0.15) is 39.7 Å². The smallest absolute Gasteiger partial charge is 0.178 e.